The summed E-state index contributed by atoms with van der Waals surface area (Å²) in [6, 6.07) is 2.18. The summed E-state index contributed by atoms with van der Waals surface area (Å²) in [4.78, 5) is 3.84. The van der Waals surface area contributed by atoms with Crippen molar-refractivity contribution in [2.45, 2.75) is 17.3 Å². The van der Waals surface area contributed by atoms with Gasteiger partial charge in [-0.3, -0.25) is 0 Å². The van der Waals surface area contributed by atoms with Crippen molar-refractivity contribution in [1.29, 1.82) is 0 Å². The fourth-order valence-electron chi connectivity index (χ4n) is 1.67. The van der Waals surface area contributed by atoms with Gasteiger partial charge in [-0.2, -0.15) is 4.31 Å². The molecule has 4 nitrogen and oxygen atoms in total. The van der Waals surface area contributed by atoms with Crippen LogP contribution in [0.2, 0.25) is 5.02 Å². The Kier molecular flexibility index (Phi) is 5.21. The molecule has 9 heteroatoms. The number of halogens is 3. The third-order valence-corrected chi connectivity index (χ3v) is 5.93. The van der Waals surface area contributed by atoms with Gasteiger partial charge in [0.15, 0.2) is 0 Å². The van der Waals surface area contributed by atoms with Gasteiger partial charge in [0.05, 0.1) is 27.7 Å². The summed E-state index contributed by atoms with van der Waals surface area (Å²) >= 11 is 12.8. The number of alkyl halides is 1. The molecule has 0 amide bonds. The number of rotatable bonds is 5. The van der Waals surface area contributed by atoms with E-state index in [4.69, 9.17) is 23.2 Å². The first-order valence-electron chi connectivity index (χ1n) is 5.73. The fourth-order valence-corrected chi connectivity index (χ4v) is 3.88. The molecule has 0 fully saturated rings. The largest absolute Gasteiger partial charge is 0.248 e. The molecule has 0 saturated carbocycles. The molecule has 0 atom stereocenters. The zero-order valence-corrected chi connectivity index (χ0v) is 14.0. The SMILES string of the molecule is CN(Cc1cscn1)S(=O)(=O)c1cc(F)c(Cl)c(CCl)c1. The van der Waals surface area contributed by atoms with E-state index in [1.807, 2.05) is 0 Å². The summed E-state index contributed by atoms with van der Waals surface area (Å²) in [5.74, 6) is -0.884. The number of benzene rings is 1. The minimum Gasteiger partial charge on any atom is -0.248 e. The first kappa shape index (κ1) is 16.6. The Morgan fingerprint density at radius 3 is 2.71 bits per heavy atom. The topological polar surface area (TPSA) is 50.3 Å². The molecule has 0 aliphatic carbocycles. The van der Waals surface area contributed by atoms with Crippen LogP contribution in [0.5, 0.6) is 0 Å². The zero-order chi connectivity index (χ0) is 15.6. The molecule has 0 unspecified atom stereocenters. The Morgan fingerprint density at radius 2 is 2.14 bits per heavy atom. The van der Waals surface area contributed by atoms with Gasteiger partial charge >= 0.3 is 0 Å². The summed E-state index contributed by atoms with van der Waals surface area (Å²) in [5.41, 5.74) is 2.47. The van der Waals surface area contributed by atoms with E-state index in [2.05, 4.69) is 4.98 Å². The van der Waals surface area contributed by atoms with Crippen LogP contribution >= 0.6 is 34.5 Å². The minimum absolute atomic E-state index is 0.0745. The quantitative estimate of drug-likeness (QED) is 0.758. The van der Waals surface area contributed by atoms with E-state index < -0.39 is 15.8 Å². The Bertz CT molecular complexity index is 736. The van der Waals surface area contributed by atoms with Crippen LogP contribution in [0.25, 0.3) is 0 Å². The maximum absolute atomic E-state index is 13.7. The van der Waals surface area contributed by atoms with E-state index in [1.165, 1.54) is 24.5 Å². The van der Waals surface area contributed by atoms with Crippen molar-refractivity contribution in [3.63, 3.8) is 0 Å². The molecule has 0 bridgehead atoms. The molecule has 1 aromatic carbocycles. The van der Waals surface area contributed by atoms with Crippen LogP contribution in [0, 0.1) is 5.82 Å². The van der Waals surface area contributed by atoms with E-state index in [0.29, 0.717) is 5.69 Å². The maximum Gasteiger partial charge on any atom is 0.243 e. The molecule has 0 aliphatic heterocycles. The second-order valence-corrected chi connectivity index (χ2v) is 7.66. The summed E-state index contributed by atoms with van der Waals surface area (Å²) in [6.07, 6.45) is 0. The summed E-state index contributed by atoms with van der Waals surface area (Å²) in [6.45, 7) is 0.103. The van der Waals surface area contributed by atoms with Gasteiger partial charge in [0.1, 0.15) is 5.82 Å². The molecular formula is C12H11Cl2FN2O2S2. The molecule has 0 radical (unpaired) electrons. The Balaban J connectivity index is 2.37. The predicted molar refractivity (Wildman–Crippen MR) is 81.7 cm³/mol. The standard InChI is InChI=1S/C12H11Cl2FN2O2S2/c1-17(5-9-6-20-7-16-9)21(18,19)10-2-8(4-13)12(14)11(15)3-10/h2-3,6-7H,4-5H2,1H3. The van der Waals surface area contributed by atoms with E-state index in [0.717, 1.165) is 10.4 Å². The van der Waals surface area contributed by atoms with Crippen molar-refractivity contribution in [2.24, 2.45) is 0 Å². The van der Waals surface area contributed by atoms with Gasteiger partial charge < -0.3 is 0 Å². The molecule has 0 spiro atoms. The molecule has 21 heavy (non-hydrogen) atoms. The predicted octanol–water partition coefficient (Wildman–Crippen LogP) is 3.50. The maximum atomic E-state index is 13.7. The third-order valence-electron chi connectivity index (χ3n) is 2.80. The van der Waals surface area contributed by atoms with Crippen LogP contribution < -0.4 is 0 Å². The van der Waals surface area contributed by atoms with Crippen molar-refractivity contribution in [3.8, 4) is 0 Å². The fraction of sp³-hybridized carbons (Fsp3) is 0.250. The van der Waals surface area contributed by atoms with E-state index >= 15 is 0 Å². The first-order valence-corrected chi connectivity index (χ1v) is 9.03. The average molecular weight is 369 g/mol. The number of hydrogen-bond donors (Lipinski definition) is 0. The second kappa shape index (κ2) is 6.58. The molecule has 1 heterocycles. The van der Waals surface area contributed by atoms with Crippen molar-refractivity contribution in [2.75, 3.05) is 7.05 Å². The number of nitrogens with zero attached hydrogens (tertiary/aromatic N) is 2. The van der Waals surface area contributed by atoms with Crippen LogP contribution in [-0.4, -0.2) is 24.8 Å². The third kappa shape index (κ3) is 3.54. The Morgan fingerprint density at radius 1 is 1.43 bits per heavy atom. The van der Waals surface area contributed by atoms with E-state index in [1.54, 1.807) is 10.9 Å². The molecule has 2 rings (SSSR count). The van der Waals surface area contributed by atoms with Gasteiger partial charge in [0.25, 0.3) is 0 Å². The lowest BCUT2D eigenvalue weighted by Gasteiger charge is -2.17. The van der Waals surface area contributed by atoms with Gasteiger partial charge in [-0.1, -0.05) is 11.6 Å². The summed E-state index contributed by atoms with van der Waals surface area (Å²) < 4.78 is 39.7. The second-order valence-electron chi connectivity index (χ2n) is 4.25. The lowest BCUT2D eigenvalue weighted by Crippen LogP contribution is -2.26. The summed E-state index contributed by atoms with van der Waals surface area (Å²) in [7, 11) is -2.44. The zero-order valence-electron chi connectivity index (χ0n) is 10.9. The van der Waals surface area contributed by atoms with Gasteiger partial charge in [0, 0.05) is 18.3 Å². The number of thiazole rings is 1. The van der Waals surface area contributed by atoms with Crippen LogP contribution in [0.1, 0.15) is 11.3 Å². The van der Waals surface area contributed by atoms with Crippen LogP contribution in [0.15, 0.2) is 27.9 Å². The number of aromatic nitrogens is 1. The van der Waals surface area contributed by atoms with Gasteiger partial charge in [0.2, 0.25) is 10.0 Å². The molecule has 1 aromatic heterocycles. The molecule has 0 aliphatic rings. The van der Waals surface area contributed by atoms with Gasteiger partial charge in [-0.25, -0.2) is 17.8 Å². The highest BCUT2D eigenvalue weighted by Gasteiger charge is 2.24. The lowest BCUT2D eigenvalue weighted by atomic mass is 10.2. The highest BCUT2D eigenvalue weighted by atomic mass is 35.5. The average Bonchev–Trinajstić information content (AvgIpc) is 2.94. The normalized spacial score (nSPS) is 12.0. The van der Waals surface area contributed by atoms with E-state index in [9.17, 15) is 12.8 Å². The Hall–Kier alpha value is -0.730. The monoisotopic (exact) mass is 368 g/mol. The van der Waals surface area contributed by atoms with E-state index in [-0.39, 0.29) is 27.9 Å². The molecule has 0 N–H and O–H groups in total. The molecule has 114 valence electrons. The van der Waals surface area contributed by atoms with Crippen molar-refractivity contribution in [1.82, 2.24) is 9.29 Å². The van der Waals surface area contributed by atoms with Gasteiger partial charge in [-0.15, -0.1) is 22.9 Å². The molecule has 0 saturated heterocycles. The summed E-state index contributed by atoms with van der Waals surface area (Å²) in [5, 5.41) is 1.59. The molecule has 2 aromatic rings. The Labute approximate surface area is 136 Å². The highest BCUT2D eigenvalue weighted by molar-refractivity contribution is 7.89. The number of hydrogen-bond acceptors (Lipinski definition) is 4. The van der Waals surface area contributed by atoms with Crippen LogP contribution in [0.4, 0.5) is 4.39 Å². The smallest absolute Gasteiger partial charge is 0.243 e. The first-order chi connectivity index (χ1) is 9.86. The van der Waals surface area contributed by atoms with Gasteiger partial charge in [-0.05, 0) is 17.7 Å². The lowest BCUT2D eigenvalue weighted by molar-refractivity contribution is 0.462. The van der Waals surface area contributed by atoms with Crippen molar-refractivity contribution < 1.29 is 12.8 Å². The molecular weight excluding hydrogens is 358 g/mol. The van der Waals surface area contributed by atoms with Crippen molar-refractivity contribution in [3.05, 3.63) is 45.1 Å². The highest BCUT2D eigenvalue weighted by Crippen LogP contribution is 2.27. The minimum atomic E-state index is -3.85. The van der Waals surface area contributed by atoms with Crippen molar-refractivity contribution >= 4 is 44.6 Å². The number of sulfonamides is 1. The van der Waals surface area contributed by atoms with Crippen LogP contribution in [0.3, 0.4) is 0 Å². The van der Waals surface area contributed by atoms with Crippen LogP contribution in [-0.2, 0) is 22.4 Å².